The van der Waals surface area contributed by atoms with Gasteiger partial charge in [-0.2, -0.15) is 0 Å². The van der Waals surface area contributed by atoms with Gasteiger partial charge in [-0.3, -0.25) is 4.79 Å². The maximum Gasteiger partial charge on any atom is 0.318 e. The van der Waals surface area contributed by atoms with Crippen LogP contribution in [0, 0.1) is 29.4 Å². The molecule has 1 saturated heterocycles. The third-order valence-corrected chi connectivity index (χ3v) is 6.76. The summed E-state index contributed by atoms with van der Waals surface area (Å²) in [5.41, 5.74) is 0.202. The van der Waals surface area contributed by atoms with Crippen LogP contribution in [0.15, 0.2) is 12.1 Å². The molecule has 152 valence electrons. The minimum atomic E-state index is -0.828. The molecule has 1 aliphatic heterocycles. The fourth-order valence-corrected chi connectivity index (χ4v) is 4.61. The third kappa shape index (κ3) is 3.56. The average molecular weight is 412 g/mol. The average Bonchev–Trinajstić information content (AvgIpc) is 3.45. The summed E-state index contributed by atoms with van der Waals surface area (Å²) in [6, 6.07) is 0.878. The molecule has 1 heterocycles. The van der Waals surface area contributed by atoms with Crippen LogP contribution >= 0.6 is 11.6 Å². The van der Waals surface area contributed by atoms with Crippen molar-refractivity contribution in [2.24, 2.45) is 17.8 Å². The summed E-state index contributed by atoms with van der Waals surface area (Å²) in [7, 11) is 0. The molecule has 3 fully saturated rings. The van der Waals surface area contributed by atoms with E-state index < -0.39 is 34.8 Å². The highest BCUT2D eigenvalue weighted by molar-refractivity contribution is 6.31. The molecule has 0 radical (unpaired) electrons. The molecule has 0 spiro atoms. The zero-order chi connectivity index (χ0) is 20.0. The number of halogens is 3. The summed E-state index contributed by atoms with van der Waals surface area (Å²) in [6.45, 7) is 2.42. The minimum absolute atomic E-state index is 0.0690. The van der Waals surface area contributed by atoms with Crippen LogP contribution in [-0.2, 0) is 4.79 Å². The molecule has 1 aromatic rings. The highest BCUT2D eigenvalue weighted by Crippen LogP contribution is 2.53. The van der Waals surface area contributed by atoms with Crippen LogP contribution in [0.5, 0.6) is 0 Å². The van der Waals surface area contributed by atoms with E-state index in [2.05, 4.69) is 10.6 Å². The van der Waals surface area contributed by atoms with Gasteiger partial charge in [0.2, 0.25) is 5.91 Å². The largest absolute Gasteiger partial charge is 0.353 e. The monoisotopic (exact) mass is 411 g/mol. The van der Waals surface area contributed by atoms with Crippen molar-refractivity contribution in [2.75, 3.05) is 13.1 Å². The molecular weight excluding hydrogens is 388 g/mol. The van der Waals surface area contributed by atoms with Gasteiger partial charge < -0.3 is 15.5 Å². The van der Waals surface area contributed by atoms with Gasteiger partial charge in [0.1, 0.15) is 22.7 Å². The Morgan fingerprint density at radius 3 is 2.68 bits per heavy atom. The Hall–Kier alpha value is -1.89. The van der Waals surface area contributed by atoms with E-state index in [0.717, 1.165) is 24.8 Å². The van der Waals surface area contributed by atoms with Gasteiger partial charge in [0.15, 0.2) is 0 Å². The number of carbonyl (C=O) groups excluding carboxylic acids is 2. The zero-order valence-electron chi connectivity index (χ0n) is 15.7. The summed E-state index contributed by atoms with van der Waals surface area (Å²) in [5.74, 6) is -0.431. The molecule has 2 N–H and O–H groups in total. The van der Waals surface area contributed by atoms with Gasteiger partial charge in [0.05, 0.1) is 6.04 Å². The van der Waals surface area contributed by atoms with Crippen LogP contribution in [0.25, 0.3) is 0 Å². The number of nitrogens with zero attached hydrogens (tertiary/aromatic N) is 1. The molecule has 1 aromatic carbocycles. The van der Waals surface area contributed by atoms with E-state index in [-0.39, 0.29) is 17.4 Å². The van der Waals surface area contributed by atoms with Crippen molar-refractivity contribution in [1.29, 1.82) is 0 Å². The van der Waals surface area contributed by atoms with Crippen LogP contribution in [0.3, 0.4) is 0 Å². The van der Waals surface area contributed by atoms with E-state index in [1.54, 1.807) is 6.92 Å². The standard InChI is InChI=1S/C20H24ClF2N3O2/c1-10-19(27)24-6-7-26(10)20(28)25-18(13-8-12(9-13)11-2-3-11)14-4-5-15(22)16(21)17(14)23/h4-5,10-13,18H,2-3,6-9H2,1H3,(H,24,27)(H,25,28). The SMILES string of the molecule is CC1C(=O)NCCN1C(=O)NC(c1ccc(F)c(Cl)c1F)C1CC(C2CC2)C1. The predicted molar refractivity (Wildman–Crippen MR) is 101 cm³/mol. The topological polar surface area (TPSA) is 61.4 Å². The molecule has 2 atom stereocenters. The van der Waals surface area contributed by atoms with Gasteiger partial charge in [-0.05, 0) is 56.4 Å². The molecule has 2 aliphatic carbocycles. The van der Waals surface area contributed by atoms with E-state index in [0.29, 0.717) is 19.0 Å². The maximum atomic E-state index is 14.7. The van der Waals surface area contributed by atoms with Crippen molar-refractivity contribution in [3.8, 4) is 0 Å². The molecule has 2 unspecified atom stereocenters. The Balaban J connectivity index is 1.56. The van der Waals surface area contributed by atoms with E-state index >= 15 is 0 Å². The summed E-state index contributed by atoms with van der Waals surface area (Å²) in [5, 5.41) is 5.07. The summed E-state index contributed by atoms with van der Waals surface area (Å²) in [6.07, 6.45) is 4.29. The lowest BCUT2D eigenvalue weighted by Gasteiger charge is -2.42. The lowest BCUT2D eigenvalue weighted by atomic mass is 9.67. The summed E-state index contributed by atoms with van der Waals surface area (Å²) in [4.78, 5) is 26.2. The first-order chi connectivity index (χ1) is 13.4. The Labute approximate surface area is 167 Å². The molecule has 5 nitrogen and oxygen atoms in total. The summed E-state index contributed by atoms with van der Waals surface area (Å²) < 4.78 is 28.4. The Bertz CT molecular complexity index is 796. The first kappa shape index (κ1) is 19.4. The van der Waals surface area contributed by atoms with Crippen LogP contribution in [0.2, 0.25) is 5.02 Å². The lowest BCUT2D eigenvalue weighted by molar-refractivity contribution is -0.127. The van der Waals surface area contributed by atoms with E-state index in [1.165, 1.54) is 23.8 Å². The van der Waals surface area contributed by atoms with Crippen molar-refractivity contribution >= 4 is 23.5 Å². The molecule has 2 saturated carbocycles. The highest BCUT2D eigenvalue weighted by Gasteiger charge is 2.45. The van der Waals surface area contributed by atoms with E-state index in [4.69, 9.17) is 11.6 Å². The molecule has 28 heavy (non-hydrogen) atoms. The maximum absolute atomic E-state index is 14.7. The number of hydrogen-bond acceptors (Lipinski definition) is 2. The van der Waals surface area contributed by atoms with Crippen molar-refractivity contribution in [1.82, 2.24) is 15.5 Å². The van der Waals surface area contributed by atoms with Crippen molar-refractivity contribution in [3.05, 3.63) is 34.4 Å². The smallest absolute Gasteiger partial charge is 0.318 e. The number of amides is 3. The number of piperazine rings is 1. The first-order valence-corrected chi connectivity index (χ1v) is 10.2. The highest BCUT2D eigenvalue weighted by atomic mass is 35.5. The minimum Gasteiger partial charge on any atom is -0.353 e. The number of urea groups is 1. The van der Waals surface area contributed by atoms with Crippen LogP contribution in [0.4, 0.5) is 13.6 Å². The van der Waals surface area contributed by atoms with Gasteiger partial charge in [-0.15, -0.1) is 0 Å². The second kappa shape index (κ2) is 7.50. The van der Waals surface area contributed by atoms with Gasteiger partial charge in [0.25, 0.3) is 0 Å². The van der Waals surface area contributed by atoms with Crippen LogP contribution < -0.4 is 10.6 Å². The predicted octanol–water partition coefficient (Wildman–Crippen LogP) is 3.63. The fourth-order valence-electron chi connectivity index (χ4n) is 4.44. The van der Waals surface area contributed by atoms with Crippen molar-refractivity contribution < 1.29 is 18.4 Å². The number of rotatable bonds is 4. The number of benzene rings is 1. The zero-order valence-corrected chi connectivity index (χ0v) is 16.4. The fraction of sp³-hybridized carbons (Fsp3) is 0.600. The van der Waals surface area contributed by atoms with Gasteiger partial charge >= 0.3 is 6.03 Å². The Morgan fingerprint density at radius 2 is 2.00 bits per heavy atom. The molecule has 4 rings (SSSR count). The number of hydrogen-bond donors (Lipinski definition) is 2. The number of carbonyl (C=O) groups is 2. The normalized spacial score (nSPS) is 28.4. The summed E-state index contributed by atoms with van der Waals surface area (Å²) >= 11 is 5.78. The lowest BCUT2D eigenvalue weighted by Crippen LogP contribution is -2.59. The Kier molecular flexibility index (Phi) is 5.21. The van der Waals surface area contributed by atoms with Crippen LogP contribution in [0.1, 0.15) is 44.2 Å². The van der Waals surface area contributed by atoms with Crippen molar-refractivity contribution in [2.45, 2.75) is 44.7 Å². The number of nitrogens with one attached hydrogen (secondary N) is 2. The molecular formula is C20H24ClF2N3O2. The first-order valence-electron chi connectivity index (χ1n) is 9.85. The van der Waals surface area contributed by atoms with Gasteiger partial charge in [0, 0.05) is 18.7 Å². The Morgan fingerprint density at radius 1 is 1.29 bits per heavy atom. The van der Waals surface area contributed by atoms with E-state index in [9.17, 15) is 18.4 Å². The van der Waals surface area contributed by atoms with E-state index in [1.807, 2.05) is 0 Å². The molecule has 0 bridgehead atoms. The second-order valence-electron chi connectivity index (χ2n) is 8.18. The quantitative estimate of drug-likeness (QED) is 0.743. The van der Waals surface area contributed by atoms with Crippen LogP contribution in [-0.4, -0.2) is 36.0 Å². The second-order valence-corrected chi connectivity index (χ2v) is 8.56. The molecule has 0 aromatic heterocycles. The third-order valence-electron chi connectivity index (χ3n) is 6.41. The molecule has 3 amide bonds. The van der Waals surface area contributed by atoms with Gasteiger partial charge in [-0.25, -0.2) is 13.6 Å². The van der Waals surface area contributed by atoms with Gasteiger partial charge in [-0.1, -0.05) is 17.7 Å². The molecule has 3 aliphatic rings. The van der Waals surface area contributed by atoms with Crippen molar-refractivity contribution in [3.63, 3.8) is 0 Å². The molecule has 8 heteroatoms.